The molecule has 0 heterocycles. The summed E-state index contributed by atoms with van der Waals surface area (Å²) in [4.78, 5) is 5.01. The van der Waals surface area contributed by atoms with E-state index >= 15 is 0 Å². The number of benzene rings is 2. The summed E-state index contributed by atoms with van der Waals surface area (Å²) in [5.74, 6) is 0. The molecular weight excluding hydrogens is 348 g/mol. The van der Waals surface area contributed by atoms with Crippen LogP contribution < -0.4 is 0 Å². The Morgan fingerprint density at radius 2 is 1.40 bits per heavy atom. The highest BCUT2D eigenvalue weighted by atomic mass is 19.4. The Balaban J connectivity index is 2.28. The molecule has 0 bridgehead atoms. The zero-order chi connectivity index (χ0) is 18.7. The van der Waals surface area contributed by atoms with Gasteiger partial charge in [0.25, 0.3) is 0 Å². The van der Waals surface area contributed by atoms with Crippen molar-refractivity contribution in [1.82, 2.24) is 0 Å². The van der Waals surface area contributed by atoms with E-state index < -0.39 is 23.5 Å². The molecule has 0 N–H and O–H groups in total. The molecule has 25 heavy (non-hydrogen) atoms. The van der Waals surface area contributed by atoms with E-state index in [9.17, 15) is 26.3 Å². The fourth-order valence-corrected chi connectivity index (χ4v) is 1.99. The third-order valence-electron chi connectivity index (χ3n) is 3.28. The molecule has 2 aromatic rings. The Morgan fingerprint density at radius 1 is 0.880 bits per heavy atom. The molecule has 0 aromatic heterocycles. The van der Waals surface area contributed by atoms with Crippen molar-refractivity contribution in [2.75, 3.05) is 0 Å². The summed E-state index contributed by atoms with van der Waals surface area (Å²) < 4.78 is 77.0. The average Bonchev–Trinajstić information content (AvgIpc) is 2.53. The van der Waals surface area contributed by atoms with E-state index in [4.69, 9.17) is 4.84 Å². The highest BCUT2D eigenvalue weighted by Gasteiger charge is 2.37. The van der Waals surface area contributed by atoms with E-state index in [0.29, 0.717) is 12.1 Å². The van der Waals surface area contributed by atoms with Crippen LogP contribution in [0.15, 0.2) is 53.7 Å². The first-order chi connectivity index (χ1) is 11.6. The Kier molecular flexibility index (Phi) is 5.39. The maximum absolute atomic E-state index is 12.8. The van der Waals surface area contributed by atoms with E-state index in [-0.39, 0.29) is 23.9 Å². The first kappa shape index (κ1) is 18.8. The molecule has 0 saturated carbocycles. The number of hydrogen-bond donors (Lipinski definition) is 0. The average molecular weight is 361 g/mol. The third-order valence-corrected chi connectivity index (χ3v) is 3.28. The minimum absolute atomic E-state index is 0.0449. The number of rotatable bonds is 4. The van der Waals surface area contributed by atoms with Crippen LogP contribution in [0.4, 0.5) is 26.3 Å². The monoisotopic (exact) mass is 361 g/mol. The van der Waals surface area contributed by atoms with Gasteiger partial charge in [-0.2, -0.15) is 26.3 Å². The van der Waals surface area contributed by atoms with Crippen LogP contribution in [-0.2, 0) is 23.8 Å². The predicted molar refractivity (Wildman–Crippen MR) is 79.9 cm³/mol. The lowest BCUT2D eigenvalue weighted by Gasteiger charge is -2.14. The predicted octanol–water partition coefficient (Wildman–Crippen LogP) is 5.67. The van der Waals surface area contributed by atoms with Gasteiger partial charge in [-0.1, -0.05) is 35.5 Å². The molecule has 2 rings (SSSR count). The van der Waals surface area contributed by atoms with Gasteiger partial charge in [-0.3, -0.25) is 0 Å². The smallest absolute Gasteiger partial charge is 0.391 e. The molecular formula is C17H13F6NO. The van der Waals surface area contributed by atoms with Crippen LogP contribution in [0.1, 0.15) is 29.2 Å². The van der Waals surface area contributed by atoms with Gasteiger partial charge in [-0.25, -0.2) is 0 Å². The molecule has 0 fully saturated rings. The lowest BCUT2D eigenvalue weighted by atomic mass is 10.0. The number of halogens is 6. The Hall–Kier alpha value is -2.51. The van der Waals surface area contributed by atoms with Crippen molar-refractivity contribution >= 4 is 5.71 Å². The van der Waals surface area contributed by atoms with Gasteiger partial charge in [0.05, 0.1) is 16.8 Å². The Bertz CT molecular complexity index is 718. The molecule has 0 aliphatic rings. The number of nitrogens with zero attached hydrogens (tertiary/aromatic N) is 1. The fraction of sp³-hybridized carbons (Fsp3) is 0.235. The van der Waals surface area contributed by atoms with Crippen LogP contribution in [-0.4, -0.2) is 5.71 Å². The van der Waals surface area contributed by atoms with Gasteiger partial charge in [-0.15, -0.1) is 0 Å². The lowest BCUT2D eigenvalue weighted by Crippen LogP contribution is -2.13. The number of oxime groups is 1. The maximum Gasteiger partial charge on any atom is 0.416 e. The molecule has 0 radical (unpaired) electrons. The minimum atomic E-state index is -4.90. The zero-order valence-electron chi connectivity index (χ0n) is 12.9. The second-order valence-electron chi connectivity index (χ2n) is 5.23. The van der Waals surface area contributed by atoms with Crippen LogP contribution in [0.2, 0.25) is 0 Å². The molecule has 0 amide bonds. The molecule has 134 valence electrons. The first-order valence-corrected chi connectivity index (χ1v) is 7.08. The molecule has 0 atom stereocenters. The van der Waals surface area contributed by atoms with E-state index in [0.717, 1.165) is 5.56 Å². The van der Waals surface area contributed by atoms with Gasteiger partial charge in [-0.05, 0) is 30.7 Å². The van der Waals surface area contributed by atoms with Crippen molar-refractivity contribution in [2.45, 2.75) is 25.9 Å². The molecule has 0 aliphatic carbocycles. The third kappa shape index (κ3) is 5.23. The van der Waals surface area contributed by atoms with Crippen molar-refractivity contribution in [3.8, 4) is 0 Å². The molecule has 0 aliphatic heterocycles. The molecule has 0 saturated heterocycles. The normalized spacial score (nSPS) is 13.0. The number of hydrogen-bond acceptors (Lipinski definition) is 2. The van der Waals surface area contributed by atoms with Gasteiger partial charge in [0.15, 0.2) is 0 Å². The summed E-state index contributed by atoms with van der Waals surface area (Å²) >= 11 is 0. The largest absolute Gasteiger partial charge is 0.416 e. The standard InChI is InChI=1S/C17H13F6NO/c1-11(24-25-10-12-5-3-2-4-6-12)13-7-14(16(18,19)20)9-15(8-13)17(21,22)23/h2-9H,10H2,1H3. The van der Waals surface area contributed by atoms with Crippen molar-refractivity contribution in [2.24, 2.45) is 5.16 Å². The molecule has 8 heteroatoms. The molecule has 0 spiro atoms. The summed E-state index contributed by atoms with van der Waals surface area (Å²) in [7, 11) is 0. The summed E-state index contributed by atoms with van der Waals surface area (Å²) in [5, 5.41) is 3.62. The number of alkyl halides is 6. The van der Waals surface area contributed by atoms with Crippen molar-refractivity contribution in [3.05, 3.63) is 70.8 Å². The van der Waals surface area contributed by atoms with Gasteiger partial charge in [0, 0.05) is 5.56 Å². The van der Waals surface area contributed by atoms with Crippen LogP contribution >= 0.6 is 0 Å². The topological polar surface area (TPSA) is 21.6 Å². The van der Waals surface area contributed by atoms with Gasteiger partial charge in [0.1, 0.15) is 6.61 Å². The fourth-order valence-electron chi connectivity index (χ4n) is 1.99. The van der Waals surface area contributed by atoms with E-state index in [1.54, 1.807) is 30.3 Å². The maximum atomic E-state index is 12.8. The second-order valence-corrected chi connectivity index (χ2v) is 5.23. The zero-order valence-corrected chi connectivity index (χ0v) is 12.9. The van der Waals surface area contributed by atoms with Crippen LogP contribution in [0.5, 0.6) is 0 Å². The lowest BCUT2D eigenvalue weighted by molar-refractivity contribution is -0.143. The van der Waals surface area contributed by atoms with Crippen molar-refractivity contribution < 1.29 is 31.2 Å². The summed E-state index contributed by atoms with van der Waals surface area (Å²) in [6, 6.07) is 10.1. The molecule has 0 unspecified atom stereocenters. The SMILES string of the molecule is CC(=NOCc1ccccc1)c1cc(C(F)(F)F)cc(C(F)(F)F)c1. The quantitative estimate of drug-likeness (QED) is 0.391. The Labute approximate surface area is 139 Å². The van der Waals surface area contributed by atoms with E-state index in [2.05, 4.69) is 5.16 Å². The van der Waals surface area contributed by atoms with Crippen LogP contribution in [0, 0.1) is 0 Å². The highest BCUT2D eigenvalue weighted by Crippen LogP contribution is 2.36. The molecule has 2 nitrogen and oxygen atoms in total. The van der Waals surface area contributed by atoms with E-state index in [1.165, 1.54) is 6.92 Å². The summed E-state index contributed by atoms with van der Waals surface area (Å²) in [6.45, 7) is 1.32. The van der Waals surface area contributed by atoms with Crippen molar-refractivity contribution in [1.29, 1.82) is 0 Å². The van der Waals surface area contributed by atoms with Gasteiger partial charge >= 0.3 is 12.4 Å². The molecule has 2 aromatic carbocycles. The van der Waals surface area contributed by atoms with Crippen LogP contribution in [0.25, 0.3) is 0 Å². The Morgan fingerprint density at radius 3 is 1.88 bits per heavy atom. The first-order valence-electron chi connectivity index (χ1n) is 7.08. The second kappa shape index (κ2) is 7.16. The minimum Gasteiger partial charge on any atom is -0.391 e. The van der Waals surface area contributed by atoms with E-state index in [1.807, 2.05) is 0 Å². The van der Waals surface area contributed by atoms with Gasteiger partial charge in [0.2, 0.25) is 0 Å². The summed E-state index contributed by atoms with van der Waals surface area (Å²) in [5.41, 5.74) is -2.42. The van der Waals surface area contributed by atoms with Crippen LogP contribution in [0.3, 0.4) is 0 Å². The summed E-state index contributed by atoms with van der Waals surface area (Å²) in [6.07, 6.45) is -9.80. The highest BCUT2D eigenvalue weighted by molar-refractivity contribution is 5.98. The van der Waals surface area contributed by atoms with Gasteiger partial charge < -0.3 is 4.84 Å². The van der Waals surface area contributed by atoms with Crippen molar-refractivity contribution in [3.63, 3.8) is 0 Å².